The molecule has 0 spiro atoms. The van der Waals surface area contributed by atoms with Crippen LogP contribution in [0.4, 0.5) is 0 Å². The highest BCUT2D eigenvalue weighted by Crippen LogP contribution is 2.55. The van der Waals surface area contributed by atoms with Gasteiger partial charge < -0.3 is 9.05 Å². The van der Waals surface area contributed by atoms with Gasteiger partial charge in [0, 0.05) is 12.3 Å². The smallest absolute Gasteiger partial charge is 0.303 e. The van der Waals surface area contributed by atoms with E-state index in [1.807, 2.05) is 0 Å². The number of unbranched alkanes of at least 4 members (excludes halogenated alkanes) is 1. The van der Waals surface area contributed by atoms with Gasteiger partial charge in [-0.1, -0.05) is 26.7 Å². The topological polar surface area (TPSA) is 52.6 Å². The zero-order chi connectivity index (χ0) is 12.2. The van der Waals surface area contributed by atoms with E-state index < -0.39 is 13.1 Å². The SMILES string of the molecule is CCCCC1(CC)COP(=O)(C(C)=O)OC1. The van der Waals surface area contributed by atoms with Crippen molar-refractivity contribution in [1.82, 2.24) is 0 Å². The highest BCUT2D eigenvalue weighted by molar-refractivity contribution is 7.71. The van der Waals surface area contributed by atoms with Crippen molar-refractivity contribution in [1.29, 1.82) is 0 Å². The molecule has 0 unspecified atom stereocenters. The Labute approximate surface area is 97.2 Å². The fourth-order valence-corrected chi connectivity index (χ4v) is 3.11. The Hall–Kier alpha value is -0.180. The molecular formula is C11H21O4P. The van der Waals surface area contributed by atoms with Gasteiger partial charge in [-0.05, 0) is 12.8 Å². The van der Waals surface area contributed by atoms with E-state index in [-0.39, 0.29) is 5.41 Å². The van der Waals surface area contributed by atoms with Crippen molar-refractivity contribution < 1.29 is 18.4 Å². The number of carbonyl (C=O) groups is 1. The first-order valence-corrected chi connectivity index (χ1v) is 7.42. The second kappa shape index (κ2) is 5.44. The van der Waals surface area contributed by atoms with Gasteiger partial charge in [0.2, 0.25) is 5.52 Å². The van der Waals surface area contributed by atoms with Crippen LogP contribution in [0.3, 0.4) is 0 Å². The molecule has 1 heterocycles. The van der Waals surface area contributed by atoms with Crippen LogP contribution in [0, 0.1) is 5.41 Å². The molecule has 0 aliphatic carbocycles. The minimum Gasteiger partial charge on any atom is -0.303 e. The highest BCUT2D eigenvalue weighted by atomic mass is 31.2. The summed E-state index contributed by atoms with van der Waals surface area (Å²) in [5, 5.41) is 0. The molecule has 1 saturated heterocycles. The first-order chi connectivity index (χ1) is 7.48. The summed E-state index contributed by atoms with van der Waals surface area (Å²) in [5.74, 6) is 0. The molecule has 0 aromatic heterocycles. The Morgan fingerprint density at radius 2 is 1.88 bits per heavy atom. The molecule has 0 bridgehead atoms. The van der Waals surface area contributed by atoms with Crippen molar-refractivity contribution in [2.45, 2.75) is 46.5 Å². The third-order valence-electron chi connectivity index (χ3n) is 3.28. The first-order valence-electron chi connectivity index (χ1n) is 5.88. The van der Waals surface area contributed by atoms with Crippen LogP contribution in [0.5, 0.6) is 0 Å². The molecule has 0 radical (unpaired) electrons. The van der Waals surface area contributed by atoms with Crippen LogP contribution in [0.1, 0.15) is 46.5 Å². The van der Waals surface area contributed by atoms with Crippen LogP contribution in [-0.2, 0) is 18.4 Å². The second-order valence-electron chi connectivity index (χ2n) is 4.52. The summed E-state index contributed by atoms with van der Waals surface area (Å²) in [4.78, 5) is 11.1. The van der Waals surface area contributed by atoms with Crippen molar-refractivity contribution in [2.75, 3.05) is 13.2 Å². The third-order valence-corrected chi connectivity index (χ3v) is 4.99. The summed E-state index contributed by atoms with van der Waals surface area (Å²) in [6.45, 7) is 6.22. The van der Waals surface area contributed by atoms with E-state index in [0.717, 1.165) is 25.7 Å². The van der Waals surface area contributed by atoms with E-state index in [0.29, 0.717) is 13.2 Å². The van der Waals surface area contributed by atoms with E-state index in [1.165, 1.54) is 6.92 Å². The molecule has 0 saturated carbocycles. The van der Waals surface area contributed by atoms with Crippen molar-refractivity contribution in [3.8, 4) is 0 Å². The summed E-state index contributed by atoms with van der Waals surface area (Å²) in [7, 11) is -3.45. The normalized spacial score (nSPS) is 34.9. The van der Waals surface area contributed by atoms with E-state index in [2.05, 4.69) is 13.8 Å². The molecule has 1 rings (SSSR count). The Morgan fingerprint density at radius 3 is 2.25 bits per heavy atom. The predicted octanol–water partition coefficient (Wildman–Crippen LogP) is 3.36. The maximum atomic E-state index is 11.8. The molecule has 0 aromatic rings. The van der Waals surface area contributed by atoms with Gasteiger partial charge in [0.25, 0.3) is 0 Å². The van der Waals surface area contributed by atoms with Crippen molar-refractivity contribution >= 4 is 13.1 Å². The van der Waals surface area contributed by atoms with Gasteiger partial charge in [0.05, 0.1) is 13.2 Å². The van der Waals surface area contributed by atoms with Gasteiger partial charge >= 0.3 is 7.60 Å². The molecule has 0 N–H and O–H groups in total. The van der Waals surface area contributed by atoms with Crippen LogP contribution in [-0.4, -0.2) is 18.7 Å². The van der Waals surface area contributed by atoms with Gasteiger partial charge in [0.1, 0.15) is 0 Å². The molecular weight excluding hydrogens is 227 g/mol. The number of hydrogen-bond acceptors (Lipinski definition) is 4. The molecule has 1 fully saturated rings. The van der Waals surface area contributed by atoms with Crippen LogP contribution in [0.25, 0.3) is 0 Å². The van der Waals surface area contributed by atoms with Crippen LogP contribution < -0.4 is 0 Å². The number of rotatable bonds is 5. The Kier molecular flexibility index (Phi) is 4.72. The maximum absolute atomic E-state index is 11.8. The third kappa shape index (κ3) is 2.93. The maximum Gasteiger partial charge on any atom is 0.396 e. The lowest BCUT2D eigenvalue weighted by Crippen LogP contribution is -2.35. The molecule has 0 atom stereocenters. The van der Waals surface area contributed by atoms with Crippen molar-refractivity contribution in [3.63, 3.8) is 0 Å². The fraction of sp³-hybridized carbons (Fsp3) is 0.909. The van der Waals surface area contributed by atoms with Gasteiger partial charge in [-0.15, -0.1) is 0 Å². The van der Waals surface area contributed by atoms with Gasteiger partial charge in [-0.3, -0.25) is 9.36 Å². The first kappa shape index (κ1) is 13.9. The summed E-state index contributed by atoms with van der Waals surface area (Å²) < 4.78 is 22.2. The second-order valence-corrected chi connectivity index (χ2v) is 6.66. The lowest BCUT2D eigenvalue weighted by molar-refractivity contribution is -0.113. The zero-order valence-electron chi connectivity index (χ0n) is 10.3. The van der Waals surface area contributed by atoms with Crippen LogP contribution in [0.2, 0.25) is 0 Å². The average Bonchev–Trinajstić information content (AvgIpc) is 2.29. The molecule has 4 nitrogen and oxygen atoms in total. The van der Waals surface area contributed by atoms with Crippen molar-refractivity contribution in [2.24, 2.45) is 5.41 Å². The molecule has 5 heteroatoms. The number of carbonyl (C=O) groups excluding carboxylic acids is 1. The summed E-state index contributed by atoms with van der Waals surface area (Å²) >= 11 is 0. The largest absolute Gasteiger partial charge is 0.396 e. The van der Waals surface area contributed by atoms with Gasteiger partial charge in [0.15, 0.2) is 0 Å². The lowest BCUT2D eigenvalue weighted by Gasteiger charge is -2.38. The molecule has 0 amide bonds. The Morgan fingerprint density at radius 1 is 1.31 bits per heavy atom. The summed E-state index contributed by atoms with van der Waals surface area (Å²) in [5.41, 5.74) is -0.549. The minimum absolute atomic E-state index is 0.0562. The zero-order valence-corrected chi connectivity index (χ0v) is 11.2. The van der Waals surface area contributed by atoms with Crippen molar-refractivity contribution in [3.05, 3.63) is 0 Å². The standard InChI is InChI=1S/C11H21O4P/c1-4-6-7-11(5-2)8-14-16(13,10(3)12)15-9-11/h4-9H2,1-3H3. The summed E-state index contributed by atoms with van der Waals surface area (Å²) in [6.07, 6.45) is 4.14. The van der Waals surface area contributed by atoms with E-state index in [9.17, 15) is 9.36 Å². The van der Waals surface area contributed by atoms with Crippen LogP contribution >= 0.6 is 7.60 Å². The molecule has 1 aliphatic heterocycles. The monoisotopic (exact) mass is 248 g/mol. The van der Waals surface area contributed by atoms with E-state index in [1.54, 1.807) is 0 Å². The molecule has 94 valence electrons. The summed E-state index contributed by atoms with van der Waals surface area (Å²) in [6, 6.07) is 0. The number of hydrogen-bond donors (Lipinski definition) is 0. The highest BCUT2D eigenvalue weighted by Gasteiger charge is 2.43. The fourth-order valence-electron chi connectivity index (χ4n) is 1.78. The molecule has 1 aliphatic rings. The molecule has 0 aromatic carbocycles. The van der Waals surface area contributed by atoms with Gasteiger partial charge in [-0.2, -0.15) is 0 Å². The van der Waals surface area contributed by atoms with Crippen LogP contribution in [0.15, 0.2) is 0 Å². The quantitative estimate of drug-likeness (QED) is 0.700. The lowest BCUT2D eigenvalue weighted by atomic mass is 9.82. The van der Waals surface area contributed by atoms with E-state index >= 15 is 0 Å². The molecule has 16 heavy (non-hydrogen) atoms. The predicted molar refractivity (Wildman–Crippen MR) is 62.4 cm³/mol. The van der Waals surface area contributed by atoms with E-state index in [4.69, 9.17) is 9.05 Å². The minimum atomic E-state index is -3.45. The van der Waals surface area contributed by atoms with Gasteiger partial charge in [-0.25, -0.2) is 0 Å². The Balaban J connectivity index is 2.63. The average molecular weight is 248 g/mol. The Bertz CT molecular complexity index is 288.